The summed E-state index contributed by atoms with van der Waals surface area (Å²) in [5.41, 5.74) is 4.79. The number of aromatic nitrogens is 2. The fourth-order valence-corrected chi connectivity index (χ4v) is 5.46. The molecule has 1 N–H and O–H groups in total. The van der Waals surface area contributed by atoms with Crippen molar-refractivity contribution in [3.63, 3.8) is 0 Å². The van der Waals surface area contributed by atoms with Crippen molar-refractivity contribution in [2.24, 2.45) is 0 Å². The van der Waals surface area contributed by atoms with Gasteiger partial charge in [0.05, 0.1) is 31.3 Å². The second kappa shape index (κ2) is 8.76. The molecule has 2 aromatic rings. The van der Waals surface area contributed by atoms with Gasteiger partial charge in [0, 0.05) is 30.2 Å². The third kappa shape index (κ3) is 3.83. The standard InChI is InChI=1S/C23H30N4O2S/c1-15-14-18(16(2)27(15)17-8-4-5-9-17)22-21(19-10-6-7-12-24-19)25-23(30)26(22)13-11-20(28)29-3/h6-7,10,12,14,17,21-22H,4-5,8-9,11,13H2,1-3H3,(H,25,30)/t21-,22-/m1/s1. The number of thiocarbonyl (C=S) groups is 1. The van der Waals surface area contributed by atoms with Crippen molar-refractivity contribution in [3.05, 3.63) is 53.1 Å². The van der Waals surface area contributed by atoms with Gasteiger partial charge in [0.2, 0.25) is 0 Å². The molecule has 2 aromatic heterocycles. The van der Waals surface area contributed by atoms with Crippen molar-refractivity contribution in [1.29, 1.82) is 0 Å². The molecule has 1 saturated carbocycles. The van der Waals surface area contributed by atoms with Crippen molar-refractivity contribution in [3.8, 4) is 0 Å². The second-order valence-corrected chi connectivity index (χ2v) is 8.67. The van der Waals surface area contributed by atoms with Crippen LogP contribution in [-0.4, -0.2) is 39.2 Å². The van der Waals surface area contributed by atoms with Crippen molar-refractivity contribution < 1.29 is 9.53 Å². The molecule has 1 saturated heterocycles. The van der Waals surface area contributed by atoms with Gasteiger partial charge in [-0.1, -0.05) is 18.9 Å². The Labute approximate surface area is 183 Å². The highest BCUT2D eigenvalue weighted by Gasteiger charge is 2.41. The van der Waals surface area contributed by atoms with Crippen LogP contribution in [0.1, 0.15) is 72.9 Å². The Bertz CT molecular complexity index is 921. The minimum atomic E-state index is -0.228. The van der Waals surface area contributed by atoms with Gasteiger partial charge in [-0.25, -0.2) is 0 Å². The van der Waals surface area contributed by atoms with Crippen molar-refractivity contribution in [2.75, 3.05) is 13.7 Å². The summed E-state index contributed by atoms with van der Waals surface area (Å²) in [5, 5.41) is 4.13. The number of hydrogen-bond donors (Lipinski definition) is 1. The molecule has 160 valence electrons. The molecule has 2 atom stereocenters. The van der Waals surface area contributed by atoms with Crippen LogP contribution in [0.3, 0.4) is 0 Å². The second-order valence-electron chi connectivity index (χ2n) is 8.28. The topological polar surface area (TPSA) is 59.4 Å². The molecule has 0 spiro atoms. The van der Waals surface area contributed by atoms with Crippen LogP contribution in [0.2, 0.25) is 0 Å². The number of esters is 1. The summed E-state index contributed by atoms with van der Waals surface area (Å²) in [5.74, 6) is -0.228. The van der Waals surface area contributed by atoms with E-state index >= 15 is 0 Å². The van der Waals surface area contributed by atoms with Gasteiger partial charge in [0.15, 0.2) is 5.11 Å². The first-order valence-electron chi connectivity index (χ1n) is 10.7. The summed E-state index contributed by atoms with van der Waals surface area (Å²) < 4.78 is 7.38. The van der Waals surface area contributed by atoms with E-state index in [2.05, 4.69) is 39.7 Å². The zero-order valence-corrected chi connectivity index (χ0v) is 18.7. The van der Waals surface area contributed by atoms with E-state index in [1.165, 1.54) is 49.7 Å². The summed E-state index contributed by atoms with van der Waals surface area (Å²) >= 11 is 5.70. The molecular weight excluding hydrogens is 396 g/mol. The number of nitrogens with one attached hydrogen (secondary N) is 1. The number of ether oxygens (including phenoxy) is 1. The minimum absolute atomic E-state index is 0.0154. The lowest BCUT2D eigenvalue weighted by molar-refractivity contribution is -0.140. The molecule has 1 aliphatic heterocycles. The number of pyridine rings is 1. The SMILES string of the molecule is COC(=O)CCN1C(=S)N[C@H](c2ccccn2)[C@H]1c1cc(C)n(C2CCCC2)c1C. The van der Waals surface area contributed by atoms with E-state index in [0.717, 1.165) is 5.69 Å². The Hall–Kier alpha value is -2.41. The molecule has 0 amide bonds. The van der Waals surface area contributed by atoms with Crippen LogP contribution >= 0.6 is 12.2 Å². The average Bonchev–Trinajstić information content (AvgIpc) is 3.45. The van der Waals surface area contributed by atoms with E-state index < -0.39 is 0 Å². The minimum Gasteiger partial charge on any atom is -0.469 e. The van der Waals surface area contributed by atoms with Gasteiger partial charge in [-0.2, -0.15) is 0 Å². The van der Waals surface area contributed by atoms with E-state index in [1.807, 2.05) is 24.4 Å². The summed E-state index contributed by atoms with van der Waals surface area (Å²) in [6.45, 7) is 4.93. The van der Waals surface area contributed by atoms with E-state index in [1.54, 1.807) is 0 Å². The van der Waals surface area contributed by atoms with E-state index in [9.17, 15) is 4.79 Å². The third-order valence-corrected chi connectivity index (χ3v) is 6.87. The number of nitrogens with zero attached hydrogens (tertiary/aromatic N) is 3. The van der Waals surface area contributed by atoms with E-state index in [0.29, 0.717) is 24.1 Å². The summed E-state index contributed by atoms with van der Waals surface area (Å²) in [6.07, 6.45) is 7.20. The smallest absolute Gasteiger partial charge is 0.307 e. The zero-order chi connectivity index (χ0) is 21.3. The lowest BCUT2D eigenvalue weighted by atomic mass is 9.96. The quantitative estimate of drug-likeness (QED) is 0.553. The van der Waals surface area contributed by atoms with Crippen LogP contribution in [-0.2, 0) is 9.53 Å². The Balaban J connectivity index is 1.74. The molecule has 7 heteroatoms. The molecule has 0 aromatic carbocycles. The first-order chi connectivity index (χ1) is 14.5. The molecule has 0 unspecified atom stereocenters. The average molecular weight is 427 g/mol. The largest absolute Gasteiger partial charge is 0.469 e. The zero-order valence-electron chi connectivity index (χ0n) is 17.9. The van der Waals surface area contributed by atoms with Gasteiger partial charge in [0.1, 0.15) is 0 Å². The monoisotopic (exact) mass is 426 g/mol. The number of rotatable bonds is 6. The maximum absolute atomic E-state index is 11.8. The predicted molar refractivity (Wildman–Crippen MR) is 120 cm³/mol. The van der Waals surface area contributed by atoms with Gasteiger partial charge in [-0.3, -0.25) is 9.78 Å². The lowest BCUT2D eigenvalue weighted by Gasteiger charge is -2.28. The van der Waals surface area contributed by atoms with Crippen LogP contribution in [0.5, 0.6) is 0 Å². The van der Waals surface area contributed by atoms with Gasteiger partial charge < -0.3 is 19.5 Å². The van der Waals surface area contributed by atoms with Crippen molar-refractivity contribution in [1.82, 2.24) is 19.8 Å². The molecular formula is C23H30N4O2S. The lowest BCUT2D eigenvalue weighted by Crippen LogP contribution is -2.32. The number of carbonyl (C=O) groups is 1. The number of carbonyl (C=O) groups excluding carboxylic acids is 1. The van der Waals surface area contributed by atoms with Crippen LogP contribution < -0.4 is 5.32 Å². The molecule has 0 bridgehead atoms. The molecule has 0 radical (unpaired) electrons. The number of hydrogen-bond acceptors (Lipinski definition) is 4. The summed E-state index contributed by atoms with van der Waals surface area (Å²) in [6, 6.07) is 8.77. The van der Waals surface area contributed by atoms with Crippen LogP contribution in [0.4, 0.5) is 0 Å². The molecule has 30 heavy (non-hydrogen) atoms. The first-order valence-corrected chi connectivity index (χ1v) is 11.1. The van der Waals surface area contributed by atoms with Crippen LogP contribution in [0.15, 0.2) is 30.5 Å². The van der Waals surface area contributed by atoms with Crippen LogP contribution in [0.25, 0.3) is 0 Å². The predicted octanol–water partition coefficient (Wildman–Crippen LogP) is 4.15. The van der Waals surface area contributed by atoms with Gasteiger partial charge >= 0.3 is 5.97 Å². The van der Waals surface area contributed by atoms with Crippen molar-refractivity contribution >= 4 is 23.3 Å². The Kier molecular flexibility index (Phi) is 6.09. The Morgan fingerprint density at radius 2 is 2.07 bits per heavy atom. The number of aryl methyl sites for hydroxylation is 1. The molecule has 6 nitrogen and oxygen atoms in total. The van der Waals surface area contributed by atoms with Gasteiger partial charge in [-0.15, -0.1) is 0 Å². The highest BCUT2D eigenvalue weighted by Crippen LogP contribution is 2.42. The highest BCUT2D eigenvalue weighted by molar-refractivity contribution is 7.80. The molecule has 2 aliphatic rings. The maximum Gasteiger partial charge on any atom is 0.307 e. The third-order valence-electron chi connectivity index (χ3n) is 6.51. The highest BCUT2D eigenvalue weighted by atomic mass is 32.1. The van der Waals surface area contributed by atoms with Gasteiger partial charge in [0.25, 0.3) is 0 Å². The van der Waals surface area contributed by atoms with E-state index in [4.69, 9.17) is 17.0 Å². The molecule has 3 heterocycles. The maximum atomic E-state index is 11.8. The fraction of sp³-hybridized carbons (Fsp3) is 0.522. The summed E-state index contributed by atoms with van der Waals surface area (Å²) in [4.78, 5) is 18.6. The fourth-order valence-electron chi connectivity index (χ4n) is 5.12. The molecule has 1 aliphatic carbocycles. The molecule has 2 fully saturated rings. The van der Waals surface area contributed by atoms with Gasteiger partial charge in [-0.05, 0) is 62.7 Å². The summed E-state index contributed by atoms with van der Waals surface area (Å²) in [7, 11) is 1.42. The molecule has 4 rings (SSSR count). The van der Waals surface area contributed by atoms with Crippen LogP contribution in [0, 0.1) is 13.8 Å². The Morgan fingerprint density at radius 3 is 2.73 bits per heavy atom. The Morgan fingerprint density at radius 1 is 1.30 bits per heavy atom. The van der Waals surface area contributed by atoms with E-state index in [-0.39, 0.29) is 18.1 Å². The normalized spacial score (nSPS) is 21.8. The number of methoxy groups -OCH3 is 1. The van der Waals surface area contributed by atoms with Crippen molar-refractivity contribution in [2.45, 2.75) is 64.1 Å². The first kappa shape index (κ1) is 20.8.